The van der Waals surface area contributed by atoms with E-state index >= 15 is 0 Å². The molecular formula is C18H20FNO2. The zero-order valence-corrected chi connectivity index (χ0v) is 12.6. The second-order valence-corrected chi connectivity index (χ2v) is 5.46. The maximum absolute atomic E-state index is 14.8. The summed E-state index contributed by atoms with van der Waals surface area (Å²) in [5.41, 5.74) is 1.64. The van der Waals surface area contributed by atoms with Crippen molar-refractivity contribution in [2.75, 3.05) is 20.2 Å². The van der Waals surface area contributed by atoms with Crippen LogP contribution in [0.5, 0.6) is 11.5 Å². The molecule has 22 heavy (non-hydrogen) atoms. The summed E-state index contributed by atoms with van der Waals surface area (Å²) in [4.78, 5) is 0. The highest BCUT2D eigenvalue weighted by Gasteiger charge is 2.26. The molecule has 0 radical (unpaired) electrons. The maximum Gasteiger partial charge on any atom is 0.172 e. The van der Waals surface area contributed by atoms with Crippen molar-refractivity contribution in [2.45, 2.75) is 18.9 Å². The standard InChI is InChI=1S/C18H20FNO2/c1-21-15-7-8-16(22-12-13-5-3-2-4-6-13)18(19)17(15)14-9-10-20-11-14/h2-8,14,20H,9-12H2,1H3. The van der Waals surface area contributed by atoms with Crippen molar-refractivity contribution in [3.05, 3.63) is 59.4 Å². The predicted molar refractivity (Wildman–Crippen MR) is 84.0 cm³/mol. The summed E-state index contributed by atoms with van der Waals surface area (Å²) in [5.74, 6) is 0.712. The summed E-state index contributed by atoms with van der Waals surface area (Å²) in [6.45, 7) is 2.03. The fraction of sp³-hybridized carbons (Fsp3) is 0.333. The van der Waals surface area contributed by atoms with Gasteiger partial charge in [-0.05, 0) is 30.7 Å². The molecule has 1 aliphatic heterocycles. The summed E-state index contributed by atoms with van der Waals surface area (Å²) in [6, 6.07) is 13.2. The van der Waals surface area contributed by atoms with Crippen molar-refractivity contribution in [1.29, 1.82) is 0 Å². The minimum absolute atomic E-state index is 0.134. The third-order valence-electron chi connectivity index (χ3n) is 4.03. The van der Waals surface area contributed by atoms with E-state index in [0.29, 0.717) is 17.9 Å². The van der Waals surface area contributed by atoms with Crippen LogP contribution in [0.3, 0.4) is 0 Å². The summed E-state index contributed by atoms with van der Waals surface area (Å²) in [5, 5.41) is 3.26. The van der Waals surface area contributed by atoms with Crippen LogP contribution in [-0.2, 0) is 6.61 Å². The van der Waals surface area contributed by atoms with Gasteiger partial charge in [0.25, 0.3) is 0 Å². The van der Waals surface area contributed by atoms with Gasteiger partial charge < -0.3 is 14.8 Å². The second-order valence-electron chi connectivity index (χ2n) is 5.46. The molecule has 3 rings (SSSR count). The van der Waals surface area contributed by atoms with Gasteiger partial charge in [0.2, 0.25) is 0 Å². The van der Waals surface area contributed by atoms with E-state index in [1.54, 1.807) is 19.2 Å². The quantitative estimate of drug-likeness (QED) is 0.917. The van der Waals surface area contributed by atoms with Gasteiger partial charge in [0, 0.05) is 18.0 Å². The first-order valence-corrected chi connectivity index (χ1v) is 7.53. The van der Waals surface area contributed by atoms with Gasteiger partial charge >= 0.3 is 0 Å². The minimum atomic E-state index is -0.302. The van der Waals surface area contributed by atoms with E-state index in [-0.39, 0.29) is 17.5 Å². The lowest BCUT2D eigenvalue weighted by atomic mass is 9.96. The van der Waals surface area contributed by atoms with E-state index in [9.17, 15) is 4.39 Å². The Bertz CT molecular complexity index is 624. The average molecular weight is 301 g/mol. The number of halogens is 1. The summed E-state index contributed by atoms with van der Waals surface area (Å²) < 4.78 is 25.8. The Morgan fingerprint density at radius 2 is 1.91 bits per heavy atom. The molecule has 1 N–H and O–H groups in total. The Kier molecular flexibility index (Phi) is 4.59. The van der Waals surface area contributed by atoms with Gasteiger partial charge in [-0.25, -0.2) is 4.39 Å². The number of hydrogen-bond donors (Lipinski definition) is 1. The molecule has 116 valence electrons. The zero-order valence-electron chi connectivity index (χ0n) is 12.6. The van der Waals surface area contributed by atoms with E-state index in [2.05, 4.69) is 5.32 Å². The smallest absolute Gasteiger partial charge is 0.172 e. The Morgan fingerprint density at radius 3 is 2.59 bits per heavy atom. The van der Waals surface area contributed by atoms with E-state index in [4.69, 9.17) is 9.47 Å². The monoisotopic (exact) mass is 301 g/mol. The zero-order chi connectivity index (χ0) is 15.4. The van der Waals surface area contributed by atoms with Crippen LogP contribution in [0.4, 0.5) is 4.39 Å². The van der Waals surface area contributed by atoms with Gasteiger partial charge in [0.1, 0.15) is 12.4 Å². The van der Waals surface area contributed by atoms with Gasteiger partial charge in [-0.2, -0.15) is 0 Å². The van der Waals surface area contributed by atoms with Crippen LogP contribution < -0.4 is 14.8 Å². The van der Waals surface area contributed by atoms with Crippen LogP contribution in [0.2, 0.25) is 0 Å². The van der Waals surface area contributed by atoms with Gasteiger partial charge in [0.15, 0.2) is 11.6 Å². The molecule has 1 aliphatic rings. The Morgan fingerprint density at radius 1 is 1.14 bits per heavy atom. The van der Waals surface area contributed by atoms with Crippen molar-refractivity contribution in [3.63, 3.8) is 0 Å². The highest BCUT2D eigenvalue weighted by atomic mass is 19.1. The Hall–Kier alpha value is -2.07. The van der Waals surface area contributed by atoms with Gasteiger partial charge in [-0.3, -0.25) is 0 Å². The van der Waals surface area contributed by atoms with Crippen LogP contribution in [0.1, 0.15) is 23.5 Å². The lowest BCUT2D eigenvalue weighted by Gasteiger charge is -2.17. The third kappa shape index (κ3) is 3.07. The normalized spacial score (nSPS) is 17.5. The molecule has 4 heteroatoms. The highest BCUT2D eigenvalue weighted by molar-refractivity contribution is 5.45. The molecule has 1 atom stereocenters. The lowest BCUT2D eigenvalue weighted by molar-refractivity contribution is 0.286. The van der Waals surface area contributed by atoms with Crippen molar-refractivity contribution in [3.8, 4) is 11.5 Å². The molecule has 1 fully saturated rings. The Balaban J connectivity index is 1.84. The first-order chi connectivity index (χ1) is 10.8. The predicted octanol–water partition coefficient (Wildman–Crippen LogP) is 3.49. The Labute approximate surface area is 130 Å². The lowest BCUT2D eigenvalue weighted by Crippen LogP contribution is -2.11. The fourth-order valence-electron chi connectivity index (χ4n) is 2.86. The van der Waals surface area contributed by atoms with Gasteiger partial charge in [0.05, 0.1) is 7.11 Å². The van der Waals surface area contributed by atoms with Crippen LogP contribution >= 0.6 is 0 Å². The molecule has 0 amide bonds. The molecule has 0 aliphatic carbocycles. The average Bonchev–Trinajstić information content (AvgIpc) is 3.08. The number of ether oxygens (including phenoxy) is 2. The molecule has 0 spiro atoms. The van der Waals surface area contributed by atoms with Crippen molar-refractivity contribution < 1.29 is 13.9 Å². The highest BCUT2D eigenvalue weighted by Crippen LogP contribution is 2.37. The number of benzene rings is 2. The maximum atomic E-state index is 14.8. The summed E-state index contributed by atoms with van der Waals surface area (Å²) in [6.07, 6.45) is 0.912. The van der Waals surface area contributed by atoms with Crippen molar-refractivity contribution in [1.82, 2.24) is 5.32 Å². The van der Waals surface area contributed by atoms with Crippen molar-refractivity contribution in [2.24, 2.45) is 0 Å². The molecule has 1 unspecified atom stereocenters. The van der Waals surface area contributed by atoms with E-state index in [1.807, 2.05) is 30.3 Å². The molecule has 2 aromatic rings. The number of hydrogen-bond acceptors (Lipinski definition) is 3. The molecular weight excluding hydrogens is 281 g/mol. The van der Waals surface area contributed by atoms with Gasteiger partial charge in [-0.15, -0.1) is 0 Å². The first kappa shape index (κ1) is 14.9. The SMILES string of the molecule is COc1ccc(OCc2ccccc2)c(F)c1C1CCNC1. The van der Waals surface area contributed by atoms with Crippen LogP contribution in [-0.4, -0.2) is 20.2 Å². The molecule has 3 nitrogen and oxygen atoms in total. The van der Waals surface area contributed by atoms with E-state index in [1.165, 1.54) is 0 Å². The van der Waals surface area contributed by atoms with Crippen LogP contribution in [0.25, 0.3) is 0 Å². The van der Waals surface area contributed by atoms with Gasteiger partial charge in [-0.1, -0.05) is 30.3 Å². The summed E-state index contributed by atoms with van der Waals surface area (Å²) in [7, 11) is 1.57. The number of rotatable bonds is 5. The third-order valence-corrected chi connectivity index (χ3v) is 4.03. The topological polar surface area (TPSA) is 30.5 Å². The summed E-state index contributed by atoms with van der Waals surface area (Å²) >= 11 is 0. The fourth-order valence-corrected chi connectivity index (χ4v) is 2.86. The largest absolute Gasteiger partial charge is 0.496 e. The molecule has 2 aromatic carbocycles. The first-order valence-electron chi connectivity index (χ1n) is 7.53. The minimum Gasteiger partial charge on any atom is -0.496 e. The molecule has 0 bridgehead atoms. The molecule has 0 aromatic heterocycles. The number of nitrogens with one attached hydrogen (secondary N) is 1. The van der Waals surface area contributed by atoms with E-state index in [0.717, 1.165) is 25.1 Å². The molecule has 1 heterocycles. The number of methoxy groups -OCH3 is 1. The molecule has 0 saturated carbocycles. The molecule has 1 saturated heterocycles. The van der Waals surface area contributed by atoms with Crippen LogP contribution in [0, 0.1) is 5.82 Å². The van der Waals surface area contributed by atoms with E-state index < -0.39 is 0 Å². The van der Waals surface area contributed by atoms with Crippen LogP contribution in [0.15, 0.2) is 42.5 Å². The second kappa shape index (κ2) is 6.79. The van der Waals surface area contributed by atoms with Crippen molar-refractivity contribution >= 4 is 0 Å².